The molecule has 1 amide bonds. The highest BCUT2D eigenvalue weighted by Gasteiger charge is 1.97. The number of carbonyl (C=O) groups excluding carboxylic acids is 1. The molecule has 0 atom stereocenters. The lowest BCUT2D eigenvalue weighted by Crippen LogP contribution is -1.95. The van der Waals surface area contributed by atoms with Crippen LogP contribution in [0.1, 0.15) is 5.56 Å². The van der Waals surface area contributed by atoms with E-state index in [2.05, 4.69) is 25.0 Å². The number of carbonyl (C=O) groups is 1. The van der Waals surface area contributed by atoms with Crippen LogP contribution in [0.15, 0.2) is 61.5 Å². The van der Waals surface area contributed by atoms with Gasteiger partial charge in [-0.1, -0.05) is 18.2 Å². The van der Waals surface area contributed by atoms with Gasteiger partial charge in [0, 0.05) is 30.4 Å². The van der Waals surface area contributed by atoms with E-state index in [0.717, 1.165) is 11.8 Å². The molecular formula is C15H13N5O. The Morgan fingerprint density at radius 2 is 1.86 bits per heavy atom. The third kappa shape index (κ3) is 5.23. The van der Waals surface area contributed by atoms with Crippen LogP contribution in [0.25, 0.3) is 0 Å². The molecule has 0 fully saturated rings. The molecule has 0 radical (unpaired) electrons. The van der Waals surface area contributed by atoms with E-state index in [4.69, 9.17) is 0 Å². The predicted molar refractivity (Wildman–Crippen MR) is 86.7 cm³/mol. The molecule has 6 heteroatoms. The molecule has 6 nitrogen and oxygen atoms in total. The number of para-hydroxylation sites is 1. The first-order valence-corrected chi connectivity index (χ1v) is 6.25. The minimum Gasteiger partial charge on any atom is -0.269 e. The molecule has 0 saturated heterocycles. The normalized spacial score (nSPS) is 15.3. The van der Waals surface area contributed by atoms with Gasteiger partial charge >= 0.3 is 0 Å². The maximum atomic E-state index is 11.5. The van der Waals surface area contributed by atoms with Crippen LogP contribution in [0.4, 0.5) is 5.69 Å². The van der Waals surface area contributed by atoms with Crippen LogP contribution in [0, 0.1) is 0 Å². The fourth-order valence-electron chi connectivity index (χ4n) is 1.44. The molecule has 0 bridgehead atoms. The largest absolute Gasteiger partial charge is 0.288 e. The molecule has 0 aromatic heterocycles. The number of hydrogen-bond acceptors (Lipinski definition) is 5. The third-order valence-electron chi connectivity index (χ3n) is 2.37. The summed E-state index contributed by atoms with van der Waals surface area (Å²) in [5.41, 5.74) is 1.43. The molecular weight excluding hydrogens is 266 g/mol. The maximum absolute atomic E-state index is 11.5. The summed E-state index contributed by atoms with van der Waals surface area (Å²) in [5, 5.41) is 0. The second kappa shape index (κ2) is 8.21. The van der Waals surface area contributed by atoms with Crippen molar-refractivity contribution in [1.29, 1.82) is 0 Å². The molecule has 1 aliphatic rings. The van der Waals surface area contributed by atoms with Crippen molar-refractivity contribution in [2.24, 2.45) is 25.0 Å². The van der Waals surface area contributed by atoms with Gasteiger partial charge in [0.1, 0.15) is 6.34 Å². The lowest BCUT2D eigenvalue weighted by Gasteiger charge is -1.97. The van der Waals surface area contributed by atoms with Gasteiger partial charge in [0.15, 0.2) is 0 Å². The van der Waals surface area contributed by atoms with Crippen molar-refractivity contribution >= 4 is 42.8 Å². The molecule has 0 spiro atoms. The Morgan fingerprint density at radius 3 is 2.81 bits per heavy atom. The predicted octanol–water partition coefficient (Wildman–Crippen LogP) is 2.03. The molecule has 0 aliphatic carbocycles. The highest BCUT2D eigenvalue weighted by molar-refractivity contribution is 6.28. The van der Waals surface area contributed by atoms with E-state index >= 15 is 0 Å². The van der Waals surface area contributed by atoms with E-state index in [9.17, 15) is 4.79 Å². The number of aliphatic imine (C=N–C) groups is 5. The smallest absolute Gasteiger partial charge is 0.269 e. The number of rotatable bonds is 0. The second-order valence-electron chi connectivity index (χ2n) is 3.88. The van der Waals surface area contributed by atoms with Gasteiger partial charge < -0.3 is 0 Å². The van der Waals surface area contributed by atoms with Crippen molar-refractivity contribution in [3.63, 3.8) is 0 Å². The molecule has 21 heavy (non-hydrogen) atoms. The number of fused-ring (bicyclic) bond motifs is 1. The SMILES string of the molecule is O=C1C=NC=CCN=CN=CC=Nc2ccccc2C=N1. The van der Waals surface area contributed by atoms with Gasteiger partial charge in [0.25, 0.3) is 5.91 Å². The standard InChI is InChI=1S/C15H13N5O/c21-15-11-16-6-3-7-17-12-18-8-9-19-14-5-2-1-4-13(14)10-20-15/h1-6,8-12H,7H2. The van der Waals surface area contributed by atoms with Gasteiger partial charge in [0.05, 0.1) is 18.4 Å². The first kappa shape index (κ1) is 14.4. The highest BCUT2D eigenvalue weighted by Crippen LogP contribution is 2.15. The fourth-order valence-corrected chi connectivity index (χ4v) is 1.44. The molecule has 1 aromatic rings. The molecule has 104 valence electrons. The average molecular weight is 279 g/mol. The van der Waals surface area contributed by atoms with Crippen molar-refractivity contribution in [2.75, 3.05) is 6.54 Å². The Labute approximate surface area is 122 Å². The Bertz CT molecular complexity index is 668. The summed E-state index contributed by atoms with van der Waals surface area (Å²) in [6, 6.07) is 7.35. The van der Waals surface area contributed by atoms with Gasteiger partial charge in [-0.05, 0) is 12.1 Å². The summed E-state index contributed by atoms with van der Waals surface area (Å²) in [6.07, 6.45) is 10.3. The van der Waals surface area contributed by atoms with Gasteiger partial charge in [-0.15, -0.1) is 0 Å². The molecule has 0 N–H and O–H groups in total. The molecule has 2 rings (SSSR count). The zero-order chi connectivity index (χ0) is 14.8. The maximum Gasteiger partial charge on any atom is 0.288 e. The summed E-state index contributed by atoms with van der Waals surface area (Å²) in [4.78, 5) is 31.4. The summed E-state index contributed by atoms with van der Waals surface area (Å²) in [5.74, 6) is -0.435. The van der Waals surface area contributed by atoms with Crippen LogP contribution < -0.4 is 0 Å². The third-order valence-corrected chi connectivity index (χ3v) is 2.37. The Kier molecular flexibility index (Phi) is 5.63. The van der Waals surface area contributed by atoms with Gasteiger partial charge in [-0.25, -0.2) is 9.98 Å². The lowest BCUT2D eigenvalue weighted by molar-refractivity contribution is -0.111. The van der Waals surface area contributed by atoms with E-state index in [1.54, 1.807) is 12.3 Å². The van der Waals surface area contributed by atoms with Crippen molar-refractivity contribution < 1.29 is 4.79 Å². The van der Waals surface area contributed by atoms with Crippen molar-refractivity contribution in [1.82, 2.24) is 0 Å². The highest BCUT2D eigenvalue weighted by atomic mass is 16.1. The summed E-state index contributed by atoms with van der Waals surface area (Å²) in [6.45, 7) is 0.437. The number of benzene rings is 1. The van der Waals surface area contributed by atoms with Crippen LogP contribution in [-0.2, 0) is 4.79 Å². The zero-order valence-electron chi connectivity index (χ0n) is 11.2. The van der Waals surface area contributed by atoms with E-state index in [0.29, 0.717) is 12.2 Å². The van der Waals surface area contributed by atoms with Gasteiger partial charge in [-0.2, -0.15) is 0 Å². The first-order valence-electron chi connectivity index (χ1n) is 6.25. The van der Waals surface area contributed by atoms with Crippen molar-refractivity contribution in [3.8, 4) is 0 Å². The number of amides is 1. The monoisotopic (exact) mass is 279 g/mol. The van der Waals surface area contributed by atoms with Gasteiger partial charge in [0.2, 0.25) is 0 Å². The van der Waals surface area contributed by atoms with E-state index < -0.39 is 5.91 Å². The lowest BCUT2D eigenvalue weighted by atomic mass is 10.2. The number of nitrogens with zero attached hydrogens (tertiary/aromatic N) is 5. The Morgan fingerprint density at radius 1 is 0.952 bits per heavy atom. The van der Waals surface area contributed by atoms with E-state index in [-0.39, 0.29) is 0 Å². The van der Waals surface area contributed by atoms with E-state index in [1.165, 1.54) is 25.0 Å². The molecule has 1 aliphatic heterocycles. The molecule has 0 saturated carbocycles. The minimum absolute atomic E-state index is 0.435. The summed E-state index contributed by atoms with van der Waals surface area (Å²) >= 11 is 0. The van der Waals surface area contributed by atoms with Crippen LogP contribution >= 0.6 is 0 Å². The van der Waals surface area contributed by atoms with Crippen LogP contribution in [0.2, 0.25) is 0 Å². The quantitative estimate of drug-likeness (QED) is 0.715. The van der Waals surface area contributed by atoms with Gasteiger partial charge in [-0.3, -0.25) is 19.8 Å². The average Bonchev–Trinajstić information content (AvgIpc) is 2.50. The summed E-state index contributed by atoms with van der Waals surface area (Å²) in [7, 11) is 0. The molecule has 1 heterocycles. The number of hydrogen-bond donors (Lipinski definition) is 0. The summed E-state index contributed by atoms with van der Waals surface area (Å²) < 4.78 is 0. The Hall–Kier alpha value is -3.02. The molecule has 1 aromatic carbocycles. The van der Waals surface area contributed by atoms with Crippen LogP contribution in [0.3, 0.4) is 0 Å². The fraction of sp³-hybridized carbons (Fsp3) is 0.0667. The minimum atomic E-state index is -0.435. The Balaban J connectivity index is 2.30. The first-order chi connectivity index (χ1) is 10.4. The topological polar surface area (TPSA) is 78.9 Å². The van der Waals surface area contributed by atoms with Crippen LogP contribution in [0.5, 0.6) is 0 Å². The zero-order valence-corrected chi connectivity index (χ0v) is 11.2. The van der Waals surface area contributed by atoms with Crippen LogP contribution in [-0.4, -0.2) is 43.6 Å². The second-order valence-corrected chi connectivity index (χ2v) is 3.88. The van der Waals surface area contributed by atoms with E-state index in [1.807, 2.05) is 24.3 Å². The van der Waals surface area contributed by atoms with Crippen molar-refractivity contribution in [3.05, 3.63) is 42.1 Å². The van der Waals surface area contributed by atoms with Crippen molar-refractivity contribution in [2.45, 2.75) is 0 Å². The molecule has 0 unspecified atom stereocenters.